The number of amides is 1. The Labute approximate surface area is 150 Å². The van der Waals surface area contributed by atoms with E-state index < -0.39 is 0 Å². The van der Waals surface area contributed by atoms with Crippen LogP contribution < -0.4 is 10.1 Å². The second-order valence-electron chi connectivity index (χ2n) is 6.41. The fraction of sp³-hybridized carbons (Fsp3) is 0.250. The Morgan fingerprint density at radius 3 is 2.58 bits per heavy atom. The number of phenols is 1. The molecule has 0 unspecified atom stereocenters. The Bertz CT molecular complexity index is 945. The predicted molar refractivity (Wildman–Crippen MR) is 97.0 cm³/mol. The lowest BCUT2D eigenvalue weighted by Crippen LogP contribution is -2.18. The van der Waals surface area contributed by atoms with Crippen molar-refractivity contribution in [3.63, 3.8) is 0 Å². The summed E-state index contributed by atoms with van der Waals surface area (Å²) in [6.45, 7) is 4.44. The number of furan rings is 1. The van der Waals surface area contributed by atoms with Gasteiger partial charge in [-0.3, -0.25) is 4.79 Å². The van der Waals surface area contributed by atoms with Crippen LogP contribution >= 0.6 is 0 Å². The molecule has 0 atom stereocenters. The number of carbonyl (C=O) groups is 1. The minimum Gasteiger partial charge on any atom is -0.504 e. The van der Waals surface area contributed by atoms with Crippen molar-refractivity contribution < 1.29 is 23.4 Å². The van der Waals surface area contributed by atoms with Gasteiger partial charge in [-0.05, 0) is 36.2 Å². The first-order valence-corrected chi connectivity index (χ1v) is 8.31. The molecular weight excluding hydrogens is 337 g/mol. The van der Waals surface area contributed by atoms with Gasteiger partial charge in [0.1, 0.15) is 17.2 Å². The maximum absolute atomic E-state index is 13.2. The lowest BCUT2D eigenvalue weighted by molar-refractivity contribution is 0.0964. The molecule has 1 amide bonds. The molecule has 2 N–H and O–H groups in total. The van der Waals surface area contributed by atoms with Crippen molar-refractivity contribution in [3.8, 4) is 22.8 Å². The van der Waals surface area contributed by atoms with Crippen molar-refractivity contribution in [3.05, 3.63) is 47.8 Å². The van der Waals surface area contributed by atoms with Crippen LogP contribution in [0.4, 0.5) is 4.39 Å². The number of fused-ring (bicyclic) bond motifs is 1. The summed E-state index contributed by atoms with van der Waals surface area (Å²) in [7, 11) is 1.51. The van der Waals surface area contributed by atoms with Crippen molar-refractivity contribution in [1.82, 2.24) is 5.32 Å². The summed E-state index contributed by atoms with van der Waals surface area (Å²) in [5.74, 6) is 0.0631. The summed E-state index contributed by atoms with van der Waals surface area (Å²) in [5, 5.41) is 13.3. The third-order valence-corrected chi connectivity index (χ3v) is 3.90. The van der Waals surface area contributed by atoms with Crippen LogP contribution in [0, 0.1) is 11.7 Å². The van der Waals surface area contributed by atoms with Crippen molar-refractivity contribution >= 4 is 16.9 Å². The first-order chi connectivity index (χ1) is 12.4. The Balaban J connectivity index is 2.17. The van der Waals surface area contributed by atoms with E-state index in [9.17, 15) is 14.3 Å². The summed E-state index contributed by atoms with van der Waals surface area (Å²) < 4.78 is 24.7. The van der Waals surface area contributed by atoms with E-state index in [1.54, 1.807) is 6.07 Å². The summed E-state index contributed by atoms with van der Waals surface area (Å²) in [4.78, 5) is 12.4. The highest BCUT2D eigenvalue weighted by molar-refractivity contribution is 6.11. The molecule has 0 aliphatic rings. The van der Waals surface area contributed by atoms with Crippen LogP contribution in [0.15, 0.2) is 40.8 Å². The number of carbonyl (C=O) groups excluding carboxylic acids is 1. The second kappa shape index (κ2) is 7.07. The molecule has 3 rings (SSSR count). The monoisotopic (exact) mass is 357 g/mol. The minimum atomic E-state index is -0.381. The fourth-order valence-electron chi connectivity index (χ4n) is 2.64. The number of halogens is 1. The van der Waals surface area contributed by atoms with Gasteiger partial charge in [-0.2, -0.15) is 0 Å². The maximum atomic E-state index is 13.2. The summed E-state index contributed by atoms with van der Waals surface area (Å²) in [6, 6.07) is 8.68. The molecule has 1 heterocycles. The molecule has 136 valence electrons. The van der Waals surface area contributed by atoms with E-state index in [2.05, 4.69) is 5.32 Å². The van der Waals surface area contributed by atoms with Crippen LogP contribution in [0.1, 0.15) is 24.2 Å². The SMILES string of the molecule is CNC(=O)c1c(-c2ccc(F)cc2)oc2cc(OCC(C)C)c(O)cc12. The molecule has 1 aromatic heterocycles. The maximum Gasteiger partial charge on any atom is 0.255 e. The average Bonchev–Trinajstić information content (AvgIpc) is 2.97. The first kappa shape index (κ1) is 17.8. The molecule has 3 aromatic rings. The van der Waals surface area contributed by atoms with E-state index in [1.807, 2.05) is 13.8 Å². The zero-order valence-corrected chi connectivity index (χ0v) is 14.8. The van der Waals surface area contributed by atoms with Gasteiger partial charge in [0.05, 0.1) is 12.2 Å². The van der Waals surface area contributed by atoms with Crippen molar-refractivity contribution in [2.24, 2.45) is 5.92 Å². The van der Waals surface area contributed by atoms with E-state index in [4.69, 9.17) is 9.15 Å². The standard InChI is InChI=1S/C20H20FNO4/c1-11(2)10-25-17-9-16-14(8-15(17)23)18(20(24)22-3)19(26-16)12-4-6-13(21)7-5-12/h4-9,11,23H,10H2,1-3H3,(H,22,24). The number of phenolic OH excluding ortho intramolecular Hbond substituents is 1. The highest BCUT2D eigenvalue weighted by Gasteiger charge is 2.23. The largest absolute Gasteiger partial charge is 0.504 e. The number of aromatic hydroxyl groups is 1. The Morgan fingerprint density at radius 1 is 1.27 bits per heavy atom. The van der Waals surface area contributed by atoms with Gasteiger partial charge < -0.3 is 19.6 Å². The second-order valence-corrected chi connectivity index (χ2v) is 6.41. The summed E-state index contributed by atoms with van der Waals surface area (Å²) in [6.07, 6.45) is 0. The van der Waals surface area contributed by atoms with Crippen LogP contribution in [-0.2, 0) is 0 Å². The Kier molecular flexibility index (Phi) is 4.84. The molecule has 0 saturated carbocycles. The summed E-state index contributed by atoms with van der Waals surface area (Å²) in [5.41, 5.74) is 1.24. The van der Waals surface area contributed by atoms with Gasteiger partial charge in [0.2, 0.25) is 0 Å². The third kappa shape index (κ3) is 3.35. The normalized spacial score (nSPS) is 11.1. The van der Waals surface area contributed by atoms with Gasteiger partial charge in [0.15, 0.2) is 11.5 Å². The zero-order chi connectivity index (χ0) is 18.8. The summed E-state index contributed by atoms with van der Waals surface area (Å²) >= 11 is 0. The van der Waals surface area contributed by atoms with E-state index in [0.717, 1.165) is 0 Å². The van der Waals surface area contributed by atoms with Gasteiger partial charge in [0.25, 0.3) is 5.91 Å². The molecule has 0 radical (unpaired) electrons. The number of ether oxygens (including phenoxy) is 1. The molecular formula is C20H20FNO4. The number of benzene rings is 2. The highest BCUT2D eigenvalue weighted by Crippen LogP contribution is 2.39. The molecule has 5 nitrogen and oxygen atoms in total. The quantitative estimate of drug-likeness (QED) is 0.713. The average molecular weight is 357 g/mol. The minimum absolute atomic E-state index is 0.0743. The van der Waals surface area contributed by atoms with E-state index >= 15 is 0 Å². The Hall–Kier alpha value is -3.02. The van der Waals surface area contributed by atoms with Gasteiger partial charge >= 0.3 is 0 Å². The van der Waals surface area contributed by atoms with Crippen molar-refractivity contribution in [1.29, 1.82) is 0 Å². The van der Waals surface area contributed by atoms with Gasteiger partial charge in [-0.1, -0.05) is 13.8 Å². The molecule has 2 aromatic carbocycles. The zero-order valence-electron chi connectivity index (χ0n) is 14.8. The smallest absolute Gasteiger partial charge is 0.255 e. The van der Waals surface area contributed by atoms with Crippen LogP contribution in [0.2, 0.25) is 0 Å². The fourth-order valence-corrected chi connectivity index (χ4v) is 2.64. The lowest BCUT2D eigenvalue weighted by Gasteiger charge is -2.10. The lowest BCUT2D eigenvalue weighted by atomic mass is 10.0. The number of rotatable bonds is 5. The van der Waals surface area contributed by atoms with Crippen molar-refractivity contribution in [2.75, 3.05) is 13.7 Å². The van der Waals surface area contributed by atoms with Crippen LogP contribution in [0.25, 0.3) is 22.3 Å². The third-order valence-electron chi connectivity index (χ3n) is 3.90. The van der Waals surface area contributed by atoms with Gasteiger partial charge in [-0.15, -0.1) is 0 Å². The molecule has 0 saturated heterocycles. The molecule has 0 bridgehead atoms. The highest BCUT2D eigenvalue weighted by atomic mass is 19.1. The van der Waals surface area contributed by atoms with Crippen molar-refractivity contribution in [2.45, 2.75) is 13.8 Å². The van der Waals surface area contributed by atoms with E-state index in [0.29, 0.717) is 28.9 Å². The van der Waals surface area contributed by atoms with E-state index in [-0.39, 0.29) is 34.7 Å². The first-order valence-electron chi connectivity index (χ1n) is 8.31. The van der Waals surface area contributed by atoms with Crippen LogP contribution in [0.3, 0.4) is 0 Å². The molecule has 0 aliphatic carbocycles. The topological polar surface area (TPSA) is 71.7 Å². The Morgan fingerprint density at radius 2 is 1.96 bits per heavy atom. The number of hydrogen-bond donors (Lipinski definition) is 2. The van der Waals surface area contributed by atoms with E-state index in [1.165, 1.54) is 37.4 Å². The predicted octanol–water partition coefficient (Wildman–Crippen LogP) is 4.34. The molecule has 0 spiro atoms. The van der Waals surface area contributed by atoms with Gasteiger partial charge in [0, 0.05) is 24.1 Å². The molecule has 0 fully saturated rings. The molecule has 26 heavy (non-hydrogen) atoms. The molecule has 0 aliphatic heterocycles. The number of hydrogen-bond acceptors (Lipinski definition) is 4. The molecule has 6 heteroatoms. The van der Waals surface area contributed by atoms with Crippen LogP contribution in [0.5, 0.6) is 11.5 Å². The number of nitrogens with one attached hydrogen (secondary N) is 1. The van der Waals surface area contributed by atoms with Gasteiger partial charge in [-0.25, -0.2) is 4.39 Å². The van der Waals surface area contributed by atoms with Crippen LogP contribution in [-0.4, -0.2) is 24.7 Å².